The molecule has 1 aliphatic carbocycles. The lowest BCUT2D eigenvalue weighted by molar-refractivity contribution is -0.124. The summed E-state index contributed by atoms with van der Waals surface area (Å²) in [5, 5.41) is 10.6. The van der Waals surface area contributed by atoms with Crippen LogP contribution in [-0.2, 0) is 11.2 Å². The van der Waals surface area contributed by atoms with Crippen LogP contribution in [0.3, 0.4) is 0 Å². The molecule has 1 heterocycles. The normalized spacial score (nSPS) is 20.8. The molecule has 1 aromatic rings. The van der Waals surface area contributed by atoms with Gasteiger partial charge >= 0.3 is 0 Å². The number of carbonyl (C=O) groups is 1. The van der Waals surface area contributed by atoms with Crippen LogP contribution < -0.4 is 4.90 Å². The van der Waals surface area contributed by atoms with Crippen molar-refractivity contribution in [2.75, 3.05) is 11.4 Å². The molecule has 108 valence electrons. The molecule has 0 aromatic heterocycles. The number of rotatable bonds is 2. The van der Waals surface area contributed by atoms with Gasteiger partial charge in [0.2, 0.25) is 5.91 Å². The summed E-state index contributed by atoms with van der Waals surface area (Å²) in [7, 11) is 0. The molecule has 1 N–H and O–H groups in total. The summed E-state index contributed by atoms with van der Waals surface area (Å²) < 4.78 is 0. The van der Waals surface area contributed by atoms with Crippen LogP contribution in [0.4, 0.5) is 5.69 Å². The fourth-order valence-electron chi connectivity index (χ4n) is 3.63. The number of amides is 1. The Morgan fingerprint density at radius 2 is 2.05 bits per heavy atom. The molecule has 1 aromatic carbocycles. The first-order chi connectivity index (χ1) is 9.59. The van der Waals surface area contributed by atoms with Crippen LogP contribution in [0, 0.1) is 6.92 Å². The second-order valence-corrected chi connectivity index (χ2v) is 6.33. The molecule has 1 aliphatic heterocycles. The molecule has 1 fully saturated rings. The van der Waals surface area contributed by atoms with Crippen molar-refractivity contribution >= 4 is 11.6 Å². The molecule has 0 radical (unpaired) electrons. The summed E-state index contributed by atoms with van der Waals surface area (Å²) in [5.74, 6) is 0.0822. The minimum Gasteiger partial charge on any atom is -0.389 e. The van der Waals surface area contributed by atoms with Gasteiger partial charge in [-0.05, 0) is 43.4 Å². The Morgan fingerprint density at radius 1 is 1.30 bits per heavy atom. The number of nitrogens with zero attached hydrogens (tertiary/aromatic N) is 1. The van der Waals surface area contributed by atoms with E-state index < -0.39 is 5.60 Å². The number of aryl methyl sites for hydroxylation is 1. The van der Waals surface area contributed by atoms with E-state index in [1.807, 2.05) is 17.0 Å². The molecule has 0 atom stereocenters. The lowest BCUT2D eigenvalue weighted by atomic mass is 9.82. The number of hydrogen-bond donors (Lipinski definition) is 1. The minimum absolute atomic E-state index is 0.0822. The van der Waals surface area contributed by atoms with Gasteiger partial charge in [-0.1, -0.05) is 31.4 Å². The fraction of sp³-hybridized carbons (Fsp3) is 0.588. The van der Waals surface area contributed by atoms with Crippen LogP contribution in [-0.4, -0.2) is 23.2 Å². The second-order valence-electron chi connectivity index (χ2n) is 6.33. The van der Waals surface area contributed by atoms with E-state index in [2.05, 4.69) is 13.0 Å². The molecule has 0 saturated heterocycles. The quantitative estimate of drug-likeness (QED) is 0.900. The highest BCUT2D eigenvalue weighted by molar-refractivity contribution is 5.96. The van der Waals surface area contributed by atoms with Crippen LogP contribution >= 0.6 is 0 Å². The van der Waals surface area contributed by atoms with E-state index in [4.69, 9.17) is 0 Å². The maximum absolute atomic E-state index is 12.6. The number of fused-ring (bicyclic) bond motifs is 1. The highest BCUT2D eigenvalue weighted by Gasteiger charge is 2.35. The predicted octanol–water partition coefficient (Wildman–Crippen LogP) is 2.97. The van der Waals surface area contributed by atoms with Crippen molar-refractivity contribution in [3.63, 3.8) is 0 Å². The van der Waals surface area contributed by atoms with Crippen LogP contribution in [0.2, 0.25) is 0 Å². The van der Waals surface area contributed by atoms with Crippen LogP contribution in [0.25, 0.3) is 0 Å². The Hall–Kier alpha value is -1.35. The molecule has 1 saturated carbocycles. The monoisotopic (exact) mass is 273 g/mol. The topological polar surface area (TPSA) is 40.5 Å². The molecular weight excluding hydrogens is 250 g/mol. The molecule has 0 unspecified atom stereocenters. The Kier molecular flexibility index (Phi) is 3.55. The van der Waals surface area contributed by atoms with Crippen molar-refractivity contribution in [3.8, 4) is 0 Å². The van der Waals surface area contributed by atoms with Gasteiger partial charge in [0.05, 0.1) is 12.0 Å². The third-order valence-corrected chi connectivity index (χ3v) is 4.83. The number of aliphatic hydroxyl groups is 1. The van der Waals surface area contributed by atoms with Gasteiger partial charge in [0, 0.05) is 12.2 Å². The summed E-state index contributed by atoms with van der Waals surface area (Å²) in [6.07, 6.45) is 6.02. The van der Waals surface area contributed by atoms with Gasteiger partial charge in [0.25, 0.3) is 0 Å². The van der Waals surface area contributed by atoms with E-state index in [0.29, 0.717) is 0 Å². The number of anilines is 1. The third-order valence-electron chi connectivity index (χ3n) is 4.83. The van der Waals surface area contributed by atoms with Crippen LogP contribution in [0.5, 0.6) is 0 Å². The first kappa shape index (κ1) is 13.6. The van der Waals surface area contributed by atoms with E-state index in [0.717, 1.165) is 44.3 Å². The highest BCUT2D eigenvalue weighted by atomic mass is 16.3. The van der Waals surface area contributed by atoms with Crippen LogP contribution in [0.1, 0.15) is 49.7 Å². The zero-order chi connectivity index (χ0) is 14.2. The molecule has 0 spiro atoms. The Balaban J connectivity index is 1.75. The van der Waals surface area contributed by atoms with E-state index in [-0.39, 0.29) is 12.3 Å². The highest BCUT2D eigenvalue weighted by Crippen LogP contribution is 2.35. The van der Waals surface area contributed by atoms with E-state index in [9.17, 15) is 9.90 Å². The number of benzene rings is 1. The van der Waals surface area contributed by atoms with Crippen molar-refractivity contribution < 1.29 is 9.90 Å². The minimum atomic E-state index is -0.762. The third kappa shape index (κ3) is 2.47. The first-order valence-corrected chi connectivity index (χ1v) is 7.70. The van der Waals surface area contributed by atoms with Crippen molar-refractivity contribution in [1.82, 2.24) is 0 Å². The molecule has 0 bridgehead atoms. The van der Waals surface area contributed by atoms with Crippen molar-refractivity contribution in [3.05, 3.63) is 29.3 Å². The number of carbonyl (C=O) groups excluding carboxylic acids is 1. The van der Waals surface area contributed by atoms with Crippen LogP contribution in [0.15, 0.2) is 18.2 Å². The maximum Gasteiger partial charge on any atom is 0.229 e. The molecule has 3 heteroatoms. The first-order valence-electron chi connectivity index (χ1n) is 7.70. The molecule has 1 amide bonds. The molecule has 20 heavy (non-hydrogen) atoms. The average Bonchev–Trinajstić information content (AvgIpc) is 2.84. The van der Waals surface area contributed by atoms with E-state index in [1.54, 1.807) is 0 Å². The van der Waals surface area contributed by atoms with Gasteiger partial charge in [-0.15, -0.1) is 0 Å². The van der Waals surface area contributed by atoms with Crippen molar-refractivity contribution in [2.45, 2.75) is 57.5 Å². The fourth-order valence-corrected chi connectivity index (χ4v) is 3.63. The SMILES string of the molecule is Cc1cccc2c1CCN2C(=O)CC1(O)CCCCC1. The summed E-state index contributed by atoms with van der Waals surface area (Å²) in [6.45, 7) is 2.86. The Labute approximate surface area is 120 Å². The summed E-state index contributed by atoms with van der Waals surface area (Å²) in [6, 6.07) is 6.13. The zero-order valence-corrected chi connectivity index (χ0v) is 12.2. The lowest BCUT2D eigenvalue weighted by Gasteiger charge is -2.33. The van der Waals surface area contributed by atoms with Gasteiger partial charge in [0.1, 0.15) is 0 Å². The molecular formula is C17H23NO2. The summed E-state index contributed by atoms with van der Waals surface area (Å²) in [4.78, 5) is 14.4. The maximum atomic E-state index is 12.6. The summed E-state index contributed by atoms with van der Waals surface area (Å²) >= 11 is 0. The number of hydrogen-bond acceptors (Lipinski definition) is 2. The Morgan fingerprint density at radius 3 is 2.80 bits per heavy atom. The predicted molar refractivity (Wildman–Crippen MR) is 79.9 cm³/mol. The van der Waals surface area contributed by atoms with Gasteiger partial charge in [-0.3, -0.25) is 4.79 Å². The second kappa shape index (κ2) is 5.21. The average molecular weight is 273 g/mol. The summed E-state index contributed by atoms with van der Waals surface area (Å²) in [5.41, 5.74) is 2.84. The van der Waals surface area contributed by atoms with Gasteiger partial charge in [-0.2, -0.15) is 0 Å². The largest absolute Gasteiger partial charge is 0.389 e. The van der Waals surface area contributed by atoms with Crippen molar-refractivity contribution in [1.29, 1.82) is 0 Å². The standard InChI is InChI=1S/C17H23NO2/c1-13-6-5-7-15-14(13)8-11-18(15)16(19)12-17(20)9-3-2-4-10-17/h5-7,20H,2-4,8-12H2,1H3. The van der Waals surface area contributed by atoms with Gasteiger partial charge < -0.3 is 10.0 Å². The lowest BCUT2D eigenvalue weighted by Crippen LogP contribution is -2.40. The smallest absolute Gasteiger partial charge is 0.229 e. The van der Waals surface area contributed by atoms with Gasteiger partial charge in [-0.25, -0.2) is 0 Å². The zero-order valence-electron chi connectivity index (χ0n) is 12.2. The molecule has 2 aliphatic rings. The van der Waals surface area contributed by atoms with E-state index >= 15 is 0 Å². The molecule has 3 nitrogen and oxygen atoms in total. The van der Waals surface area contributed by atoms with Crippen molar-refractivity contribution in [2.24, 2.45) is 0 Å². The van der Waals surface area contributed by atoms with E-state index in [1.165, 1.54) is 17.5 Å². The van der Waals surface area contributed by atoms with Gasteiger partial charge in [0.15, 0.2) is 0 Å². The molecule has 3 rings (SSSR count). The Bertz CT molecular complexity index is 518.